The minimum atomic E-state index is -1.26. The van der Waals surface area contributed by atoms with Crippen molar-refractivity contribution >= 4 is 41.0 Å². The summed E-state index contributed by atoms with van der Waals surface area (Å²) in [5.41, 5.74) is 1.67. The van der Waals surface area contributed by atoms with Gasteiger partial charge in [-0.3, -0.25) is 19.2 Å². The highest BCUT2D eigenvalue weighted by Crippen LogP contribution is 2.32. The number of hydrogen-bond donors (Lipinski definition) is 0. The van der Waals surface area contributed by atoms with Crippen molar-refractivity contribution in [3.63, 3.8) is 0 Å². The van der Waals surface area contributed by atoms with Crippen molar-refractivity contribution in [2.24, 2.45) is 0 Å². The number of anilines is 1. The minimum absolute atomic E-state index is 0.000141. The molecule has 7 rings (SSSR count). The molecule has 1 aliphatic rings. The normalized spacial score (nSPS) is 13.1. The highest BCUT2D eigenvalue weighted by molar-refractivity contribution is 6.34. The maximum atomic E-state index is 13.7. The fraction of sp³-hybridized carbons (Fsp3) is 0.0455. The molecule has 9 nitrogen and oxygen atoms in total. The third kappa shape index (κ3) is 7.04. The van der Waals surface area contributed by atoms with E-state index in [0.29, 0.717) is 22.3 Å². The second kappa shape index (κ2) is 14.9. The van der Waals surface area contributed by atoms with Gasteiger partial charge in [0.1, 0.15) is 0 Å². The molecule has 1 heterocycles. The topological polar surface area (TPSA) is 124 Å². The lowest BCUT2D eigenvalue weighted by molar-refractivity contribution is 0.0278. The highest BCUT2D eigenvalue weighted by atomic mass is 16.6. The predicted molar refractivity (Wildman–Crippen MR) is 195 cm³/mol. The van der Waals surface area contributed by atoms with Crippen LogP contribution in [0.2, 0.25) is 0 Å². The number of ether oxygens (including phenoxy) is 2. The summed E-state index contributed by atoms with van der Waals surface area (Å²) in [6.07, 6.45) is -2.52. The number of carbonyl (C=O) groups is 6. The summed E-state index contributed by atoms with van der Waals surface area (Å²) >= 11 is 0. The van der Waals surface area contributed by atoms with E-state index in [-0.39, 0.29) is 27.9 Å². The molecule has 0 aliphatic carbocycles. The molecule has 1 aliphatic heterocycles. The van der Waals surface area contributed by atoms with E-state index in [9.17, 15) is 28.8 Å². The van der Waals surface area contributed by atoms with Crippen LogP contribution >= 0.6 is 0 Å². The Morgan fingerprint density at radius 1 is 0.415 bits per heavy atom. The number of amides is 2. The lowest BCUT2D eigenvalue weighted by Crippen LogP contribution is -2.29. The average molecular weight is 700 g/mol. The first-order valence-corrected chi connectivity index (χ1v) is 16.6. The molecule has 0 aromatic heterocycles. The van der Waals surface area contributed by atoms with E-state index in [4.69, 9.17) is 9.47 Å². The molecule has 9 heteroatoms. The number of benzene rings is 6. The first kappa shape index (κ1) is 34.2. The van der Waals surface area contributed by atoms with Crippen molar-refractivity contribution in [3.8, 4) is 0 Å². The molecular formula is C44H29NO8. The van der Waals surface area contributed by atoms with Crippen molar-refractivity contribution < 1.29 is 38.2 Å². The van der Waals surface area contributed by atoms with Gasteiger partial charge in [-0.1, -0.05) is 127 Å². The Labute approximate surface area is 304 Å². The van der Waals surface area contributed by atoms with Crippen LogP contribution < -0.4 is 4.90 Å². The fourth-order valence-electron chi connectivity index (χ4n) is 6.03. The van der Waals surface area contributed by atoms with E-state index in [2.05, 4.69) is 0 Å². The second-order valence-corrected chi connectivity index (χ2v) is 12.1. The third-order valence-electron chi connectivity index (χ3n) is 8.71. The number of imide groups is 1. The van der Waals surface area contributed by atoms with Gasteiger partial charge in [-0.15, -0.1) is 0 Å². The van der Waals surface area contributed by atoms with Gasteiger partial charge in [0.25, 0.3) is 11.8 Å². The van der Waals surface area contributed by atoms with Crippen LogP contribution in [0.15, 0.2) is 164 Å². The number of carbonyl (C=O) groups excluding carboxylic acids is 6. The van der Waals surface area contributed by atoms with Gasteiger partial charge in [0.15, 0.2) is 12.2 Å². The maximum Gasteiger partial charge on any atom is 0.339 e. The van der Waals surface area contributed by atoms with E-state index >= 15 is 0 Å². The Balaban J connectivity index is 1.12. The first-order chi connectivity index (χ1) is 25.8. The zero-order chi connectivity index (χ0) is 36.9. The zero-order valence-electron chi connectivity index (χ0n) is 28.0. The van der Waals surface area contributed by atoms with Crippen LogP contribution in [0.5, 0.6) is 0 Å². The number of hydrogen-bond acceptors (Lipinski definition) is 8. The monoisotopic (exact) mass is 699 g/mol. The largest absolute Gasteiger partial charge is 0.445 e. The van der Waals surface area contributed by atoms with E-state index in [1.54, 1.807) is 121 Å². The van der Waals surface area contributed by atoms with E-state index in [0.717, 1.165) is 4.90 Å². The summed E-state index contributed by atoms with van der Waals surface area (Å²) in [5.74, 6) is -3.96. The molecule has 0 radical (unpaired) electrons. The molecule has 2 atom stereocenters. The first-order valence-electron chi connectivity index (χ1n) is 16.6. The zero-order valence-corrected chi connectivity index (χ0v) is 28.0. The maximum absolute atomic E-state index is 13.7. The fourth-order valence-corrected chi connectivity index (χ4v) is 6.03. The van der Waals surface area contributed by atoms with E-state index in [1.807, 2.05) is 0 Å². The van der Waals surface area contributed by atoms with Gasteiger partial charge in [-0.2, -0.15) is 0 Å². The Hall–Kier alpha value is -7.26. The average Bonchev–Trinajstić information content (AvgIpc) is 3.47. The smallest absolute Gasteiger partial charge is 0.339 e. The summed E-state index contributed by atoms with van der Waals surface area (Å²) in [5, 5.41) is 0. The standard InChI is InChI=1S/C44H29NO8/c46-37(28-14-5-1-6-15-28)39(30-18-9-3-10-19-30)52-43(50)32-22-13-23-34(26-32)45-41(48)35-25-24-33(27-36(35)42(45)49)44(51)53-40(31-20-11-4-12-21-31)38(47)29-16-7-2-8-17-29/h1-27,39-40H/t39-,40-/m1/s1. The highest BCUT2D eigenvalue weighted by Gasteiger charge is 2.38. The molecule has 2 amide bonds. The second-order valence-electron chi connectivity index (χ2n) is 12.1. The summed E-state index contributed by atoms with van der Waals surface area (Å²) in [6.45, 7) is 0. The molecule has 6 aromatic rings. The lowest BCUT2D eigenvalue weighted by Gasteiger charge is -2.19. The molecule has 6 aromatic carbocycles. The van der Waals surface area contributed by atoms with Crippen molar-refractivity contribution in [1.82, 2.24) is 0 Å². The molecule has 0 spiro atoms. The molecule has 0 unspecified atom stereocenters. The number of fused-ring (bicyclic) bond motifs is 1. The van der Waals surface area contributed by atoms with Crippen LogP contribution in [0, 0.1) is 0 Å². The van der Waals surface area contributed by atoms with Gasteiger partial charge in [0.05, 0.1) is 27.9 Å². The molecule has 0 bridgehead atoms. The van der Waals surface area contributed by atoms with Gasteiger partial charge in [0, 0.05) is 22.3 Å². The van der Waals surface area contributed by atoms with Crippen molar-refractivity contribution in [3.05, 3.63) is 208 Å². The predicted octanol–water partition coefficient (Wildman–Crippen LogP) is 8.05. The van der Waals surface area contributed by atoms with Crippen molar-refractivity contribution in [1.29, 1.82) is 0 Å². The van der Waals surface area contributed by atoms with Crippen LogP contribution in [0.25, 0.3) is 0 Å². The van der Waals surface area contributed by atoms with Crippen molar-refractivity contribution in [2.75, 3.05) is 4.90 Å². The van der Waals surface area contributed by atoms with Crippen LogP contribution in [0.4, 0.5) is 5.69 Å². The Bertz CT molecular complexity index is 2360. The van der Waals surface area contributed by atoms with Gasteiger partial charge >= 0.3 is 11.9 Å². The SMILES string of the molecule is O=C(O[C@@H](C(=O)c1ccccc1)c1ccccc1)c1cccc(N2C(=O)c3ccc(C(=O)O[C@@H](C(=O)c4ccccc4)c4ccccc4)cc3C2=O)c1. The van der Waals surface area contributed by atoms with E-state index < -0.39 is 47.5 Å². The quantitative estimate of drug-likeness (QED) is 0.0756. The van der Waals surface area contributed by atoms with Crippen molar-refractivity contribution in [2.45, 2.75) is 12.2 Å². The summed E-state index contributed by atoms with van der Waals surface area (Å²) in [6, 6.07) is 43.8. The summed E-state index contributed by atoms with van der Waals surface area (Å²) in [4.78, 5) is 82.2. The van der Waals surface area contributed by atoms with E-state index in [1.165, 1.54) is 42.5 Å². The number of nitrogens with zero attached hydrogens (tertiary/aromatic N) is 1. The molecule has 0 N–H and O–H groups in total. The van der Waals surface area contributed by atoms with Gasteiger partial charge in [-0.25, -0.2) is 14.5 Å². The number of Topliss-reactive ketones (excluding diaryl/α,β-unsaturated/α-hetero) is 2. The molecule has 53 heavy (non-hydrogen) atoms. The number of rotatable bonds is 11. The summed E-state index contributed by atoms with van der Waals surface area (Å²) < 4.78 is 11.5. The van der Waals surface area contributed by atoms with Crippen LogP contribution in [-0.2, 0) is 9.47 Å². The molecule has 0 fully saturated rings. The van der Waals surface area contributed by atoms with Gasteiger partial charge in [0.2, 0.25) is 11.6 Å². The van der Waals surface area contributed by atoms with Crippen LogP contribution in [-0.4, -0.2) is 35.3 Å². The third-order valence-corrected chi connectivity index (χ3v) is 8.71. The van der Waals surface area contributed by atoms with Gasteiger partial charge < -0.3 is 9.47 Å². The Morgan fingerprint density at radius 3 is 1.32 bits per heavy atom. The summed E-state index contributed by atoms with van der Waals surface area (Å²) in [7, 11) is 0. The van der Waals surface area contributed by atoms with Crippen LogP contribution in [0.3, 0.4) is 0 Å². The van der Waals surface area contributed by atoms with Crippen LogP contribution in [0.1, 0.15) is 85.5 Å². The Kier molecular flexibility index (Phi) is 9.63. The minimum Gasteiger partial charge on any atom is -0.445 e. The lowest BCUT2D eigenvalue weighted by atomic mass is 9.99. The molecule has 0 saturated heterocycles. The molecule has 0 saturated carbocycles. The van der Waals surface area contributed by atoms with Gasteiger partial charge in [-0.05, 0) is 36.4 Å². The Morgan fingerprint density at radius 2 is 0.830 bits per heavy atom. The number of esters is 2. The molecule has 258 valence electrons. The number of ketones is 2. The molecular weight excluding hydrogens is 670 g/mol.